The van der Waals surface area contributed by atoms with Crippen molar-refractivity contribution in [1.82, 2.24) is 0 Å². The summed E-state index contributed by atoms with van der Waals surface area (Å²) in [5.74, 6) is 1.01. The summed E-state index contributed by atoms with van der Waals surface area (Å²) in [6.45, 7) is 0.333. The van der Waals surface area contributed by atoms with E-state index in [0.29, 0.717) is 35.8 Å². The van der Waals surface area contributed by atoms with Crippen LogP contribution in [0.15, 0.2) is 47.6 Å². The number of para-hydroxylation sites is 1. The molecule has 4 nitrogen and oxygen atoms in total. The third-order valence-corrected chi connectivity index (χ3v) is 3.41. The summed E-state index contributed by atoms with van der Waals surface area (Å²) in [6.07, 6.45) is -3.92. The molecule has 1 heterocycles. The Balaban J connectivity index is 1.89. The Labute approximate surface area is 129 Å². The highest BCUT2D eigenvalue weighted by atomic mass is 19.4. The molecule has 0 saturated carbocycles. The van der Waals surface area contributed by atoms with Crippen molar-refractivity contribution in [1.29, 1.82) is 0 Å². The molecule has 0 spiro atoms. The fraction of sp³-hybridized carbons (Fsp3) is 0.188. The second kappa shape index (κ2) is 5.83. The average molecular weight is 323 g/mol. The number of rotatable bonds is 2. The lowest BCUT2D eigenvalue weighted by Crippen LogP contribution is -2.16. The molecule has 120 valence electrons. The molecule has 0 saturated heterocycles. The van der Waals surface area contributed by atoms with Gasteiger partial charge < -0.3 is 14.7 Å². The van der Waals surface area contributed by atoms with Gasteiger partial charge in [0, 0.05) is 12.0 Å². The Hall–Kier alpha value is -2.70. The van der Waals surface area contributed by atoms with Gasteiger partial charge in [-0.1, -0.05) is 11.2 Å². The first-order valence-corrected chi connectivity index (χ1v) is 6.81. The minimum absolute atomic E-state index is 0.253. The van der Waals surface area contributed by atoms with Crippen LogP contribution in [0.3, 0.4) is 0 Å². The highest BCUT2D eigenvalue weighted by molar-refractivity contribution is 6.04. The van der Waals surface area contributed by atoms with Gasteiger partial charge in [0.15, 0.2) is 11.5 Å². The van der Waals surface area contributed by atoms with Gasteiger partial charge in [-0.3, -0.25) is 0 Å². The normalized spacial score (nSPS) is 15.9. The molecule has 2 aromatic carbocycles. The third-order valence-electron chi connectivity index (χ3n) is 3.41. The number of nitrogens with zero attached hydrogens (tertiary/aromatic N) is 1. The Morgan fingerprint density at radius 2 is 1.83 bits per heavy atom. The molecule has 0 amide bonds. The Kier molecular flexibility index (Phi) is 3.85. The molecule has 0 bridgehead atoms. The highest BCUT2D eigenvalue weighted by Gasteiger charge is 2.30. The number of halogens is 3. The zero-order chi connectivity index (χ0) is 16.4. The van der Waals surface area contributed by atoms with Crippen LogP contribution in [0, 0.1) is 0 Å². The maximum absolute atomic E-state index is 12.6. The summed E-state index contributed by atoms with van der Waals surface area (Å²) in [4.78, 5) is 0. The molecule has 2 aromatic rings. The van der Waals surface area contributed by atoms with Crippen molar-refractivity contribution < 1.29 is 27.9 Å². The molecular weight excluding hydrogens is 311 g/mol. The van der Waals surface area contributed by atoms with Gasteiger partial charge in [-0.25, -0.2) is 0 Å². The van der Waals surface area contributed by atoms with E-state index in [1.807, 2.05) is 0 Å². The number of hydrogen-bond donors (Lipinski definition) is 1. The number of oxime groups is 1. The second-order valence-electron chi connectivity index (χ2n) is 4.90. The molecule has 0 aliphatic carbocycles. The van der Waals surface area contributed by atoms with Crippen LogP contribution in [0.4, 0.5) is 13.2 Å². The second-order valence-corrected chi connectivity index (χ2v) is 4.90. The van der Waals surface area contributed by atoms with Crippen LogP contribution in [-0.2, 0) is 6.18 Å². The van der Waals surface area contributed by atoms with Gasteiger partial charge in [0.1, 0.15) is 5.75 Å². The molecule has 0 unspecified atom stereocenters. The van der Waals surface area contributed by atoms with E-state index in [2.05, 4.69) is 5.16 Å². The van der Waals surface area contributed by atoms with Crippen LogP contribution in [0.5, 0.6) is 17.2 Å². The zero-order valence-corrected chi connectivity index (χ0v) is 11.8. The number of fused-ring (bicyclic) bond motifs is 1. The summed E-state index contributed by atoms with van der Waals surface area (Å²) in [5, 5.41) is 12.2. The number of hydrogen-bond acceptors (Lipinski definition) is 4. The number of ether oxygens (including phenoxy) is 2. The van der Waals surface area contributed by atoms with Crippen LogP contribution >= 0.6 is 0 Å². The molecule has 1 aliphatic rings. The minimum Gasteiger partial charge on any atom is -0.489 e. The molecule has 3 rings (SSSR count). The van der Waals surface area contributed by atoms with E-state index in [1.54, 1.807) is 18.2 Å². The monoisotopic (exact) mass is 323 g/mol. The van der Waals surface area contributed by atoms with Gasteiger partial charge in [-0.15, -0.1) is 0 Å². The third kappa shape index (κ3) is 3.08. The summed E-state index contributed by atoms with van der Waals surface area (Å²) in [5.41, 5.74) is 0.332. The fourth-order valence-electron chi connectivity index (χ4n) is 2.30. The first kappa shape index (κ1) is 15.2. The molecule has 1 N–H and O–H groups in total. The first-order valence-electron chi connectivity index (χ1n) is 6.81. The van der Waals surface area contributed by atoms with Crippen molar-refractivity contribution in [2.45, 2.75) is 12.6 Å². The summed E-state index contributed by atoms with van der Waals surface area (Å²) < 4.78 is 48.8. The molecule has 7 heteroatoms. The molecule has 23 heavy (non-hydrogen) atoms. The summed E-state index contributed by atoms with van der Waals surface area (Å²) in [6, 6.07) is 9.44. The standard InChI is InChI=1S/C16H12F3NO3/c17-16(18,19)10-4-6-11(7-5-10)23-14-3-1-2-12-13(20-21)8-9-22-15(12)14/h1-7,21H,8-9H2/b20-13+. The van der Waals surface area contributed by atoms with E-state index in [1.165, 1.54) is 12.1 Å². The van der Waals surface area contributed by atoms with Crippen molar-refractivity contribution in [3.05, 3.63) is 53.6 Å². The minimum atomic E-state index is -4.39. The smallest absolute Gasteiger partial charge is 0.416 e. The Morgan fingerprint density at radius 3 is 2.48 bits per heavy atom. The number of benzene rings is 2. The van der Waals surface area contributed by atoms with Gasteiger partial charge in [-0.2, -0.15) is 13.2 Å². The van der Waals surface area contributed by atoms with Gasteiger partial charge in [0.05, 0.1) is 17.9 Å². The van der Waals surface area contributed by atoms with Crippen LogP contribution in [0.2, 0.25) is 0 Å². The lowest BCUT2D eigenvalue weighted by Gasteiger charge is -2.21. The number of alkyl halides is 3. The molecular formula is C16H12F3NO3. The fourth-order valence-corrected chi connectivity index (χ4v) is 2.30. The van der Waals surface area contributed by atoms with Crippen molar-refractivity contribution in [3.8, 4) is 17.2 Å². The summed E-state index contributed by atoms with van der Waals surface area (Å²) in [7, 11) is 0. The Bertz CT molecular complexity index is 739. The zero-order valence-electron chi connectivity index (χ0n) is 11.8. The van der Waals surface area contributed by atoms with E-state index in [-0.39, 0.29) is 5.75 Å². The van der Waals surface area contributed by atoms with Crippen LogP contribution < -0.4 is 9.47 Å². The molecule has 0 radical (unpaired) electrons. The van der Waals surface area contributed by atoms with Crippen molar-refractivity contribution in [2.75, 3.05) is 6.61 Å². The maximum Gasteiger partial charge on any atom is 0.416 e. The molecule has 0 fully saturated rings. The van der Waals surface area contributed by atoms with Gasteiger partial charge in [0.2, 0.25) is 0 Å². The SMILES string of the molecule is O/N=C1\CCOc2c(Oc3ccc(C(F)(F)F)cc3)cccc21. The van der Waals surface area contributed by atoms with Crippen molar-refractivity contribution >= 4 is 5.71 Å². The van der Waals surface area contributed by atoms with E-state index >= 15 is 0 Å². The van der Waals surface area contributed by atoms with E-state index < -0.39 is 11.7 Å². The van der Waals surface area contributed by atoms with Gasteiger partial charge in [0.25, 0.3) is 0 Å². The largest absolute Gasteiger partial charge is 0.489 e. The lowest BCUT2D eigenvalue weighted by atomic mass is 10.0. The lowest BCUT2D eigenvalue weighted by molar-refractivity contribution is -0.137. The average Bonchev–Trinajstić information content (AvgIpc) is 2.54. The molecule has 0 aromatic heterocycles. The topological polar surface area (TPSA) is 51.1 Å². The van der Waals surface area contributed by atoms with Crippen LogP contribution in [-0.4, -0.2) is 17.5 Å². The first-order chi connectivity index (χ1) is 11.0. The van der Waals surface area contributed by atoms with Gasteiger partial charge >= 0.3 is 6.18 Å². The maximum atomic E-state index is 12.6. The molecule has 1 aliphatic heterocycles. The van der Waals surface area contributed by atoms with E-state index in [0.717, 1.165) is 12.1 Å². The van der Waals surface area contributed by atoms with Crippen molar-refractivity contribution in [2.24, 2.45) is 5.16 Å². The summed E-state index contributed by atoms with van der Waals surface area (Å²) >= 11 is 0. The predicted octanol–water partition coefficient (Wildman–Crippen LogP) is 4.46. The Morgan fingerprint density at radius 1 is 1.09 bits per heavy atom. The van der Waals surface area contributed by atoms with Crippen LogP contribution in [0.25, 0.3) is 0 Å². The molecule has 0 atom stereocenters. The van der Waals surface area contributed by atoms with E-state index in [9.17, 15) is 13.2 Å². The quantitative estimate of drug-likeness (QED) is 0.656. The van der Waals surface area contributed by atoms with Crippen molar-refractivity contribution in [3.63, 3.8) is 0 Å². The predicted molar refractivity (Wildman–Crippen MR) is 76.4 cm³/mol. The van der Waals surface area contributed by atoms with Crippen LogP contribution in [0.1, 0.15) is 17.5 Å². The van der Waals surface area contributed by atoms with E-state index in [4.69, 9.17) is 14.7 Å². The highest BCUT2D eigenvalue weighted by Crippen LogP contribution is 2.38. The van der Waals surface area contributed by atoms with Gasteiger partial charge in [-0.05, 0) is 36.4 Å².